The molecule has 0 aliphatic heterocycles. The molecule has 0 rings (SSSR count). The molecule has 364 valence electrons. The van der Waals surface area contributed by atoms with E-state index in [1.54, 1.807) is 12.2 Å². The van der Waals surface area contributed by atoms with Gasteiger partial charge in [0.05, 0.1) is 19.3 Å². The lowest BCUT2D eigenvalue weighted by Gasteiger charge is -2.22. The molecule has 63 heavy (non-hydrogen) atoms. The van der Waals surface area contributed by atoms with E-state index >= 15 is 0 Å². The van der Waals surface area contributed by atoms with Crippen molar-refractivity contribution in [2.75, 3.05) is 32.1 Å². The predicted molar refractivity (Wildman–Crippen MR) is 257 cm³/mol. The van der Waals surface area contributed by atoms with Crippen LogP contribution >= 0.6 is 19.6 Å². The SMILES string of the molecule is CCCCC/C=C\C\C=C/C=C/C=C/[C@@H](SC[C@H](N)C(=O)OC[C@H](COP(=O)(O)OCCN)OC(=O)CCCCCCCCC/C=C\CCCCCCCC)[C@@H](O)CCCC(=O)O. The lowest BCUT2D eigenvalue weighted by atomic mass is 10.1. The summed E-state index contributed by atoms with van der Waals surface area (Å²) in [7, 11) is -4.52. The van der Waals surface area contributed by atoms with Crippen molar-refractivity contribution in [3.8, 4) is 0 Å². The molecule has 0 bridgehead atoms. The van der Waals surface area contributed by atoms with Gasteiger partial charge in [-0.2, -0.15) is 0 Å². The molecule has 0 amide bonds. The molecular formula is C48H85N2O11PS. The molecule has 0 aliphatic rings. The Morgan fingerprint density at radius 1 is 0.698 bits per heavy atom. The first kappa shape index (κ1) is 60.5. The van der Waals surface area contributed by atoms with Crippen molar-refractivity contribution >= 4 is 37.5 Å². The second kappa shape index (κ2) is 43.3. The molecule has 15 heteroatoms. The summed E-state index contributed by atoms with van der Waals surface area (Å²) in [5.74, 6) is -2.28. The molecule has 0 saturated heterocycles. The van der Waals surface area contributed by atoms with Crippen LogP contribution in [0.4, 0.5) is 0 Å². The normalized spacial score (nSPS) is 15.1. The number of allylic oxidation sites excluding steroid dienone is 9. The van der Waals surface area contributed by atoms with Crippen LogP contribution in [-0.2, 0) is 37.5 Å². The third-order valence-electron chi connectivity index (χ3n) is 9.87. The minimum Gasteiger partial charge on any atom is -0.481 e. The van der Waals surface area contributed by atoms with E-state index in [1.807, 2.05) is 24.3 Å². The molecule has 7 N–H and O–H groups in total. The van der Waals surface area contributed by atoms with Crippen molar-refractivity contribution in [1.29, 1.82) is 0 Å². The summed E-state index contributed by atoms with van der Waals surface area (Å²) in [5, 5.41) is 19.4. The van der Waals surface area contributed by atoms with Gasteiger partial charge in [-0.15, -0.1) is 11.8 Å². The fourth-order valence-corrected chi connectivity index (χ4v) is 8.08. The molecule has 0 heterocycles. The largest absolute Gasteiger partial charge is 0.481 e. The van der Waals surface area contributed by atoms with E-state index in [2.05, 4.69) is 38.2 Å². The number of thioether (sulfide) groups is 1. The van der Waals surface area contributed by atoms with Crippen LogP contribution in [-0.4, -0.2) is 88.6 Å². The van der Waals surface area contributed by atoms with E-state index in [-0.39, 0.29) is 44.6 Å². The highest BCUT2D eigenvalue weighted by Crippen LogP contribution is 2.43. The van der Waals surface area contributed by atoms with Crippen molar-refractivity contribution in [3.05, 3.63) is 60.8 Å². The van der Waals surface area contributed by atoms with Gasteiger partial charge < -0.3 is 36.0 Å². The van der Waals surface area contributed by atoms with Gasteiger partial charge in [-0.25, -0.2) is 4.57 Å². The number of rotatable bonds is 44. The lowest BCUT2D eigenvalue weighted by Crippen LogP contribution is -2.38. The highest BCUT2D eigenvalue weighted by atomic mass is 32.2. The van der Waals surface area contributed by atoms with E-state index in [0.29, 0.717) is 6.42 Å². The number of nitrogens with two attached hydrogens (primary N) is 2. The average Bonchev–Trinajstić information content (AvgIpc) is 3.25. The monoisotopic (exact) mass is 929 g/mol. The zero-order valence-corrected chi connectivity index (χ0v) is 40.4. The molecule has 1 unspecified atom stereocenters. The Morgan fingerprint density at radius 3 is 1.90 bits per heavy atom. The van der Waals surface area contributed by atoms with Crippen LogP contribution in [0.5, 0.6) is 0 Å². The lowest BCUT2D eigenvalue weighted by molar-refractivity contribution is -0.161. The number of carboxylic acid groups (broad SMARTS) is 1. The molecule has 0 radical (unpaired) electrons. The maximum absolute atomic E-state index is 13.0. The van der Waals surface area contributed by atoms with Gasteiger partial charge in [0.15, 0.2) is 6.10 Å². The van der Waals surface area contributed by atoms with Gasteiger partial charge in [0.25, 0.3) is 0 Å². The Kier molecular flexibility index (Phi) is 41.6. The molecule has 5 atom stereocenters. The van der Waals surface area contributed by atoms with Crippen LogP contribution in [0.25, 0.3) is 0 Å². The number of unbranched alkanes of at least 4 members (excludes halogenated alkanes) is 16. The van der Waals surface area contributed by atoms with Gasteiger partial charge in [0, 0.05) is 30.4 Å². The van der Waals surface area contributed by atoms with Crippen molar-refractivity contribution < 1.29 is 52.6 Å². The van der Waals surface area contributed by atoms with Gasteiger partial charge in [-0.3, -0.25) is 23.4 Å². The smallest absolute Gasteiger partial charge is 0.472 e. The highest BCUT2D eigenvalue weighted by molar-refractivity contribution is 8.00. The number of phosphoric acid groups is 1. The van der Waals surface area contributed by atoms with Gasteiger partial charge in [0.2, 0.25) is 0 Å². The van der Waals surface area contributed by atoms with E-state index < -0.39 is 62.4 Å². The first-order valence-electron chi connectivity index (χ1n) is 23.7. The van der Waals surface area contributed by atoms with Crippen LogP contribution in [0.2, 0.25) is 0 Å². The van der Waals surface area contributed by atoms with Crippen molar-refractivity contribution in [2.45, 2.75) is 191 Å². The molecule has 0 aromatic carbocycles. The topological polar surface area (TPSA) is 218 Å². The van der Waals surface area contributed by atoms with Crippen LogP contribution in [0.15, 0.2) is 60.8 Å². The minimum absolute atomic E-state index is 0.0159. The number of carbonyl (C=O) groups excluding carboxylic acids is 2. The highest BCUT2D eigenvalue weighted by Gasteiger charge is 2.27. The number of hydrogen-bond donors (Lipinski definition) is 5. The molecule has 0 aromatic rings. The van der Waals surface area contributed by atoms with E-state index in [1.165, 1.54) is 88.8 Å². The number of carbonyl (C=O) groups is 3. The van der Waals surface area contributed by atoms with Crippen molar-refractivity contribution in [1.82, 2.24) is 0 Å². The summed E-state index contributed by atoms with van der Waals surface area (Å²) in [4.78, 5) is 46.8. The number of phosphoric ester groups is 1. The Bertz CT molecular complexity index is 1340. The summed E-state index contributed by atoms with van der Waals surface area (Å²) in [6, 6.07) is -1.13. The molecular weight excluding hydrogens is 844 g/mol. The second-order valence-electron chi connectivity index (χ2n) is 15.8. The zero-order chi connectivity index (χ0) is 46.7. The fourth-order valence-electron chi connectivity index (χ4n) is 6.19. The summed E-state index contributed by atoms with van der Waals surface area (Å²) >= 11 is 1.22. The maximum Gasteiger partial charge on any atom is 0.472 e. The first-order valence-corrected chi connectivity index (χ1v) is 26.2. The van der Waals surface area contributed by atoms with E-state index in [4.69, 9.17) is 35.1 Å². The number of carboxylic acids is 1. The van der Waals surface area contributed by atoms with Gasteiger partial charge in [-0.1, -0.05) is 152 Å². The van der Waals surface area contributed by atoms with Crippen LogP contribution in [0.3, 0.4) is 0 Å². The number of hydrogen-bond acceptors (Lipinski definition) is 12. The summed E-state index contributed by atoms with van der Waals surface area (Å²) in [6.07, 6.45) is 41.4. The first-order chi connectivity index (χ1) is 30.4. The predicted octanol–water partition coefficient (Wildman–Crippen LogP) is 10.6. The quantitative estimate of drug-likeness (QED) is 0.0126. The van der Waals surface area contributed by atoms with Gasteiger partial charge in [-0.05, 0) is 64.2 Å². The molecule has 13 nitrogen and oxygen atoms in total. The fraction of sp³-hybridized carbons (Fsp3) is 0.729. The van der Waals surface area contributed by atoms with Crippen molar-refractivity contribution in [2.24, 2.45) is 11.5 Å². The standard InChI is InChI=1S/C48H85N2O11PS/c1-3-5-7-9-11-13-15-17-18-19-20-21-23-25-27-29-31-36-47(54)61-42(40-60-62(56,57)59-38-37-49)39-58-48(55)43(50)41-63-45(44(51)33-32-35-46(52)53)34-30-28-26-24-22-16-14-12-10-8-6-4-2/h12,14,17-18,22,24,26,28,30,34,42-45,51H,3-11,13,15-16,19-21,23,25,27,29,31-33,35-41,49-50H2,1-2H3,(H,52,53)(H,56,57)/b14-12-,18-17-,24-22-,28-26+,34-30+/t42-,43+,44+,45-/m1/s1. The number of esters is 2. The van der Waals surface area contributed by atoms with Gasteiger partial charge in [0.1, 0.15) is 12.6 Å². The average molecular weight is 929 g/mol. The van der Waals surface area contributed by atoms with Crippen LogP contribution < -0.4 is 11.5 Å². The summed E-state index contributed by atoms with van der Waals surface area (Å²) in [6.45, 7) is 3.11. The molecule has 0 aromatic heterocycles. The minimum atomic E-state index is -4.52. The zero-order valence-electron chi connectivity index (χ0n) is 38.7. The Morgan fingerprint density at radius 2 is 1.27 bits per heavy atom. The Labute approximate surface area is 384 Å². The molecule has 0 spiro atoms. The van der Waals surface area contributed by atoms with Crippen molar-refractivity contribution in [3.63, 3.8) is 0 Å². The van der Waals surface area contributed by atoms with Crippen LogP contribution in [0.1, 0.15) is 168 Å². The summed E-state index contributed by atoms with van der Waals surface area (Å²) in [5.41, 5.74) is 11.5. The molecule has 0 fully saturated rings. The number of aliphatic hydroxyl groups is 1. The Hall–Kier alpha value is -2.55. The molecule has 0 saturated carbocycles. The Balaban J connectivity index is 4.99. The second-order valence-corrected chi connectivity index (χ2v) is 18.5. The maximum atomic E-state index is 13.0. The third-order valence-corrected chi connectivity index (χ3v) is 12.3. The summed E-state index contributed by atoms with van der Waals surface area (Å²) < 4.78 is 32.9. The number of aliphatic carboxylic acids is 1. The van der Waals surface area contributed by atoms with E-state index in [0.717, 1.165) is 44.9 Å². The van der Waals surface area contributed by atoms with E-state index in [9.17, 15) is 28.9 Å². The van der Waals surface area contributed by atoms with Crippen LogP contribution in [0, 0.1) is 0 Å². The molecule has 0 aliphatic carbocycles. The number of ether oxygens (including phenoxy) is 2. The third kappa shape index (κ3) is 40.7. The van der Waals surface area contributed by atoms with Gasteiger partial charge >= 0.3 is 25.7 Å². The number of aliphatic hydroxyl groups excluding tert-OH is 1.